The zero-order chi connectivity index (χ0) is 13.4. The molecule has 0 bridgehead atoms. The zero-order valence-electron chi connectivity index (χ0n) is 9.69. The highest BCUT2D eigenvalue weighted by atomic mass is 35.5. The molecule has 2 aromatic heterocycles. The first-order chi connectivity index (χ1) is 9.19. The summed E-state index contributed by atoms with van der Waals surface area (Å²) in [4.78, 5) is 1.99. The lowest BCUT2D eigenvalue weighted by Gasteiger charge is -2.12. The molecule has 3 aromatic rings. The highest BCUT2D eigenvalue weighted by Gasteiger charge is 2.19. The van der Waals surface area contributed by atoms with Gasteiger partial charge in [-0.1, -0.05) is 11.6 Å². The van der Waals surface area contributed by atoms with Gasteiger partial charge in [0, 0.05) is 14.5 Å². The summed E-state index contributed by atoms with van der Waals surface area (Å²) in [5.41, 5.74) is 2.78. The molecule has 0 aliphatic rings. The lowest BCUT2D eigenvalue weighted by molar-refractivity contribution is 0.630. The maximum Gasteiger partial charge on any atom is 0.123 e. The van der Waals surface area contributed by atoms with Crippen LogP contribution in [0.25, 0.3) is 10.1 Å². The Labute approximate surface area is 122 Å². The van der Waals surface area contributed by atoms with E-state index < -0.39 is 0 Å². The van der Waals surface area contributed by atoms with Crippen LogP contribution in [-0.2, 0) is 0 Å². The van der Waals surface area contributed by atoms with Crippen LogP contribution < -0.4 is 11.3 Å². The van der Waals surface area contributed by atoms with Crippen molar-refractivity contribution in [1.82, 2.24) is 5.43 Å². The van der Waals surface area contributed by atoms with Crippen molar-refractivity contribution >= 4 is 44.4 Å². The minimum absolute atomic E-state index is 0.159. The molecule has 6 heteroatoms. The summed E-state index contributed by atoms with van der Waals surface area (Å²) in [6.07, 6.45) is 0. The molecule has 0 fully saturated rings. The Morgan fingerprint density at radius 1 is 1.26 bits per heavy atom. The molecule has 0 radical (unpaired) electrons. The fraction of sp³-hybridized carbons (Fsp3) is 0.0769. The molecule has 0 saturated heterocycles. The summed E-state index contributed by atoms with van der Waals surface area (Å²) in [5, 5.41) is 3.50. The van der Waals surface area contributed by atoms with Gasteiger partial charge in [0.15, 0.2) is 0 Å². The Bertz CT molecular complexity index is 722. The minimum Gasteiger partial charge on any atom is -0.271 e. The van der Waals surface area contributed by atoms with E-state index in [-0.39, 0.29) is 11.9 Å². The van der Waals surface area contributed by atoms with Gasteiger partial charge in [-0.3, -0.25) is 5.84 Å². The zero-order valence-corrected chi connectivity index (χ0v) is 12.1. The summed E-state index contributed by atoms with van der Waals surface area (Å²) < 4.78 is 14.2. The SMILES string of the molecule is NNC(c1cc2cc(F)ccc2s1)c1sccc1Cl. The van der Waals surface area contributed by atoms with E-state index >= 15 is 0 Å². The van der Waals surface area contributed by atoms with Crippen molar-refractivity contribution < 1.29 is 4.39 Å². The predicted molar refractivity (Wildman–Crippen MR) is 80.3 cm³/mol. The fourth-order valence-electron chi connectivity index (χ4n) is 1.98. The number of hydrogen-bond acceptors (Lipinski definition) is 4. The first kappa shape index (κ1) is 13.0. The second kappa shape index (κ2) is 5.19. The van der Waals surface area contributed by atoms with Crippen LogP contribution in [0.3, 0.4) is 0 Å². The van der Waals surface area contributed by atoms with Crippen molar-refractivity contribution in [2.45, 2.75) is 6.04 Å². The third-order valence-corrected chi connectivity index (χ3v) is 5.46. The number of benzene rings is 1. The van der Waals surface area contributed by atoms with E-state index in [4.69, 9.17) is 17.4 Å². The standard InChI is InChI=1S/C13H10ClFN2S2/c14-9-3-4-18-13(9)12(17-16)11-6-7-5-8(15)1-2-10(7)19-11/h1-6,12,17H,16H2. The molecule has 1 aromatic carbocycles. The lowest BCUT2D eigenvalue weighted by Crippen LogP contribution is -2.27. The van der Waals surface area contributed by atoms with Gasteiger partial charge in [0.1, 0.15) is 5.82 Å². The van der Waals surface area contributed by atoms with Crippen molar-refractivity contribution in [3.63, 3.8) is 0 Å². The number of thiophene rings is 2. The third-order valence-electron chi connectivity index (χ3n) is 2.86. The van der Waals surface area contributed by atoms with Crippen molar-refractivity contribution in [2.75, 3.05) is 0 Å². The monoisotopic (exact) mass is 312 g/mol. The van der Waals surface area contributed by atoms with Crippen molar-refractivity contribution in [1.29, 1.82) is 0 Å². The highest BCUT2D eigenvalue weighted by molar-refractivity contribution is 7.19. The number of halogens is 2. The fourth-order valence-corrected chi connectivity index (χ4v) is 4.41. The Hall–Kier alpha value is -0.980. The van der Waals surface area contributed by atoms with Crippen LogP contribution in [-0.4, -0.2) is 0 Å². The minimum atomic E-state index is -0.233. The van der Waals surface area contributed by atoms with Crippen LogP contribution >= 0.6 is 34.3 Å². The Balaban J connectivity index is 2.09. The normalized spacial score (nSPS) is 13.0. The third kappa shape index (κ3) is 2.40. The van der Waals surface area contributed by atoms with Gasteiger partial charge in [-0.2, -0.15) is 0 Å². The molecular formula is C13H10ClFN2S2. The average molecular weight is 313 g/mol. The highest BCUT2D eigenvalue weighted by Crippen LogP contribution is 2.37. The molecule has 2 heterocycles. The topological polar surface area (TPSA) is 38.0 Å². The molecule has 1 unspecified atom stereocenters. The molecule has 0 spiro atoms. The first-order valence-electron chi connectivity index (χ1n) is 5.57. The van der Waals surface area contributed by atoms with Gasteiger partial charge in [-0.25, -0.2) is 9.82 Å². The molecule has 3 N–H and O–H groups in total. The number of nitrogens with two attached hydrogens (primary N) is 1. The van der Waals surface area contributed by atoms with Crippen LogP contribution in [0.5, 0.6) is 0 Å². The molecule has 0 amide bonds. The van der Waals surface area contributed by atoms with E-state index in [9.17, 15) is 4.39 Å². The van der Waals surface area contributed by atoms with E-state index in [1.54, 1.807) is 28.7 Å². The maximum absolute atomic E-state index is 13.2. The summed E-state index contributed by atoms with van der Waals surface area (Å²) in [5.74, 6) is 5.41. The molecule has 98 valence electrons. The van der Waals surface area contributed by atoms with Gasteiger partial charge >= 0.3 is 0 Å². The molecule has 3 rings (SSSR count). The molecule has 0 aliphatic heterocycles. The molecule has 0 aliphatic carbocycles. The molecule has 0 saturated carbocycles. The Morgan fingerprint density at radius 2 is 2.11 bits per heavy atom. The number of rotatable bonds is 3. The van der Waals surface area contributed by atoms with Crippen molar-refractivity contribution in [3.8, 4) is 0 Å². The van der Waals surface area contributed by atoms with Gasteiger partial charge in [0.05, 0.1) is 11.1 Å². The summed E-state index contributed by atoms with van der Waals surface area (Å²) in [7, 11) is 0. The molecule has 19 heavy (non-hydrogen) atoms. The summed E-state index contributed by atoms with van der Waals surface area (Å²) >= 11 is 9.28. The second-order valence-corrected chi connectivity index (χ2v) is 6.53. The van der Waals surface area contributed by atoms with E-state index in [1.807, 2.05) is 17.5 Å². The number of hydrazine groups is 1. The first-order valence-corrected chi connectivity index (χ1v) is 7.64. The smallest absolute Gasteiger partial charge is 0.123 e. The van der Waals surface area contributed by atoms with Crippen LogP contribution in [0, 0.1) is 5.82 Å². The van der Waals surface area contributed by atoms with Gasteiger partial charge in [0.2, 0.25) is 0 Å². The Morgan fingerprint density at radius 3 is 2.79 bits per heavy atom. The van der Waals surface area contributed by atoms with Crippen molar-refractivity contribution in [3.05, 3.63) is 56.3 Å². The maximum atomic E-state index is 13.2. The van der Waals surface area contributed by atoms with E-state index in [1.165, 1.54) is 12.1 Å². The Kier molecular flexibility index (Phi) is 3.56. The largest absolute Gasteiger partial charge is 0.271 e. The van der Waals surface area contributed by atoms with Crippen LogP contribution in [0.1, 0.15) is 15.8 Å². The quantitative estimate of drug-likeness (QED) is 0.559. The van der Waals surface area contributed by atoms with Gasteiger partial charge < -0.3 is 0 Å². The van der Waals surface area contributed by atoms with Crippen molar-refractivity contribution in [2.24, 2.45) is 5.84 Å². The summed E-state index contributed by atoms with van der Waals surface area (Å²) in [6, 6.07) is 8.41. The second-order valence-electron chi connectivity index (χ2n) is 4.06. The van der Waals surface area contributed by atoms with Gasteiger partial charge in [-0.05, 0) is 41.1 Å². The number of fused-ring (bicyclic) bond motifs is 1. The van der Waals surface area contributed by atoms with Crippen LogP contribution in [0.2, 0.25) is 5.02 Å². The van der Waals surface area contributed by atoms with E-state index in [0.717, 1.165) is 19.8 Å². The van der Waals surface area contributed by atoms with E-state index in [0.29, 0.717) is 5.02 Å². The number of nitrogens with one attached hydrogen (secondary N) is 1. The molecule has 1 atom stereocenters. The molecular weight excluding hydrogens is 303 g/mol. The lowest BCUT2D eigenvalue weighted by atomic mass is 10.2. The molecule has 2 nitrogen and oxygen atoms in total. The van der Waals surface area contributed by atoms with Gasteiger partial charge in [-0.15, -0.1) is 22.7 Å². The average Bonchev–Trinajstić information content (AvgIpc) is 2.97. The summed E-state index contributed by atoms with van der Waals surface area (Å²) in [6.45, 7) is 0. The predicted octanol–water partition coefficient (Wildman–Crippen LogP) is 4.31. The van der Waals surface area contributed by atoms with Crippen LogP contribution in [0.15, 0.2) is 35.7 Å². The number of hydrogen-bond donors (Lipinski definition) is 2. The van der Waals surface area contributed by atoms with Gasteiger partial charge in [0.25, 0.3) is 0 Å². The van der Waals surface area contributed by atoms with E-state index in [2.05, 4.69) is 5.43 Å². The van der Waals surface area contributed by atoms with Crippen LogP contribution in [0.4, 0.5) is 4.39 Å².